The number of anilines is 1. The first kappa shape index (κ1) is 15.2. The van der Waals surface area contributed by atoms with Gasteiger partial charge in [-0.15, -0.1) is 11.3 Å². The van der Waals surface area contributed by atoms with Gasteiger partial charge in [0.25, 0.3) is 0 Å². The lowest BCUT2D eigenvalue weighted by atomic mass is 9.96. The molecular weight excluding hydrogens is 298 g/mol. The Morgan fingerprint density at radius 1 is 1.41 bits per heavy atom. The van der Waals surface area contributed by atoms with Gasteiger partial charge in [-0.25, -0.2) is 9.97 Å². The van der Waals surface area contributed by atoms with Crippen molar-refractivity contribution in [1.82, 2.24) is 19.4 Å². The molecule has 1 saturated heterocycles. The maximum Gasteiger partial charge on any atom is 0.228 e. The molecule has 7 heteroatoms. The Balaban J connectivity index is 1.50. The smallest absolute Gasteiger partial charge is 0.228 e. The maximum absolute atomic E-state index is 12.3. The molecule has 3 rings (SSSR count). The van der Waals surface area contributed by atoms with Crippen molar-refractivity contribution in [2.45, 2.75) is 26.3 Å². The third kappa shape index (κ3) is 3.36. The summed E-state index contributed by atoms with van der Waals surface area (Å²) in [5.74, 6) is 1.30. The summed E-state index contributed by atoms with van der Waals surface area (Å²) in [7, 11) is 2.01. The van der Waals surface area contributed by atoms with Gasteiger partial charge >= 0.3 is 0 Å². The normalized spacial score (nSPS) is 16.8. The van der Waals surface area contributed by atoms with Crippen LogP contribution in [0.4, 0.5) is 5.00 Å². The average molecular weight is 319 g/mol. The van der Waals surface area contributed by atoms with Crippen LogP contribution in [0, 0.1) is 12.8 Å². The number of aryl methyl sites for hydroxylation is 2. The first-order valence-electron chi connectivity index (χ1n) is 7.53. The van der Waals surface area contributed by atoms with E-state index in [9.17, 15) is 4.79 Å². The van der Waals surface area contributed by atoms with Crippen LogP contribution in [-0.4, -0.2) is 38.4 Å². The summed E-state index contributed by atoms with van der Waals surface area (Å²) < 4.78 is 2.05. The third-order valence-electron chi connectivity index (χ3n) is 4.23. The number of nitrogens with zero attached hydrogens (tertiary/aromatic N) is 4. The van der Waals surface area contributed by atoms with Crippen LogP contribution in [0.25, 0.3) is 0 Å². The summed E-state index contributed by atoms with van der Waals surface area (Å²) in [6.07, 6.45) is 5.59. The minimum Gasteiger partial charge on any atom is -0.337 e. The van der Waals surface area contributed by atoms with E-state index in [0.717, 1.165) is 49.0 Å². The summed E-state index contributed by atoms with van der Waals surface area (Å²) >= 11 is 1.48. The van der Waals surface area contributed by atoms with E-state index in [1.807, 2.05) is 30.9 Å². The molecule has 0 saturated carbocycles. The molecule has 0 bridgehead atoms. The van der Waals surface area contributed by atoms with Crippen LogP contribution < -0.4 is 5.32 Å². The molecule has 0 aromatic carbocycles. The number of nitrogens with one attached hydrogen (secondary N) is 1. The van der Waals surface area contributed by atoms with Gasteiger partial charge in [0.05, 0.1) is 17.7 Å². The van der Waals surface area contributed by atoms with E-state index in [1.165, 1.54) is 11.3 Å². The van der Waals surface area contributed by atoms with Gasteiger partial charge in [0.15, 0.2) is 0 Å². The number of hydrogen-bond donors (Lipinski definition) is 1. The number of likely N-dealkylation sites (tertiary alicyclic amines) is 1. The van der Waals surface area contributed by atoms with E-state index in [2.05, 4.69) is 20.2 Å². The summed E-state index contributed by atoms with van der Waals surface area (Å²) in [5.41, 5.74) is 2.66. The van der Waals surface area contributed by atoms with Crippen LogP contribution in [0.3, 0.4) is 0 Å². The number of thiazole rings is 1. The standard InChI is InChI=1S/C15H21N5OS/c1-11-15(22-10-17-11)18-14(21)12-3-6-20(7-4-12)9-13-16-5-8-19(13)2/h5,8,10,12H,3-4,6-7,9H2,1-2H3,(H,18,21). The minimum atomic E-state index is 0.0964. The maximum atomic E-state index is 12.3. The third-order valence-corrected chi connectivity index (χ3v) is 5.07. The van der Waals surface area contributed by atoms with Crippen LogP contribution >= 0.6 is 11.3 Å². The van der Waals surface area contributed by atoms with Gasteiger partial charge in [0, 0.05) is 25.4 Å². The number of imidazole rings is 1. The van der Waals surface area contributed by atoms with E-state index < -0.39 is 0 Å². The molecular formula is C15H21N5OS. The molecule has 1 fully saturated rings. The zero-order valence-electron chi connectivity index (χ0n) is 13.0. The Kier molecular flexibility index (Phi) is 4.54. The van der Waals surface area contributed by atoms with Gasteiger partial charge < -0.3 is 9.88 Å². The fourth-order valence-electron chi connectivity index (χ4n) is 2.74. The number of piperidine rings is 1. The van der Waals surface area contributed by atoms with Gasteiger partial charge in [-0.3, -0.25) is 9.69 Å². The fraction of sp³-hybridized carbons (Fsp3) is 0.533. The highest BCUT2D eigenvalue weighted by Crippen LogP contribution is 2.23. The number of carbonyl (C=O) groups excluding carboxylic acids is 1. The molecule has 6 nitrogen and oxygen atoms in total. The molecule has 0 unspecified atom stereocenters. The summed E-state index contributed by atoms with van der Waals surface area (Å²) in [4.78, 5) is 23.2. The first-order chi connectivity index (χ1) is 10.6. The molecule has 0 atom stereocenters. The van der Waals surface area contributed by atoms with Gasteiger partial charge in [-0.2, -0.15) is 0 Å². The predicted octanol–water partition coefficient (Wildman–Crippen LogP) is 2.04. The van der Waals surface area contributed by atoms with Crippen molar-refractivity contribution in [3.05, 3.63) is 29.4 Å². The molecule has 2 aromatic heterocycles. The molecule has 1 aliphatic rings. The summed E-state index contributed by atoms with van der Waals surface area (Å²) in [6.45, 7) is 4.65. The molecule has 0 aliphatic carbocycles. The molecule has 2 aromatic rings. The lowest BCUT2D eigenvalue weighted by Crippen LogP contribution is -2.38. The summed E-state index contributed by atoms with van der Waals surface area (Å²) in [5, 5.41) is 3.89. The second-order valence-corrected chi connectivity index (χ2v) is 6.62. The molecule has 0 spiro atoms. The largest absolute Gasteiger partial charge is 0.337 e. The molecule has 3 heterocycles. The lowest BCUT2D eigenvalue weighted by molar-refractivity contribution is -0.121. The highest BCUT2D eigenvalue weighted by atomic mass is 32.1. The Hall–Kier alpha value is -1.73. The minimum absolute atomic E-state index is 0.0964. The second-order valence-electron chi connectivity index (χ2n) is 5.76. The van der Waals surface area contributed by atoms with E-state index >= 15 is 0 Å². The second kappa shape index (κ2) is 6.58. The van der Waals surface area contributed by atoms with E-state index in [4.69, 9.17) is 0 Å². The van der Waals surface area contributed by atoms with Crippen molar-refractivity contribution in [2.24, 2.45) is 13.0 Å². The van der Waals surface area contributed by atoms with Crippen molar-refractivity contribution >= 4 is 22.2 Å². The van der Waals surface area contributed by atoms with Crippen molar-refractivity contribution in [3.8, 4) is 0 Å². The van der Waals surface area contributed by atoms with Crippen molar-refractivity contribution in [3.63, 3.8) is 0 Å². The molecule has 1 aliphatic heterocycles. The van der Waals surface area contributed by atoms with Crippen LogP contribution in [0.5, 0.6) is 0 Å². The van der Waals surface area contributed by atoms with Gasteiger partial charge in [-0.1, -0.05) is 0 Å². The van der Waals surface area contributed by atoms with Crippen molar-refractivity contribution < 1.29 is 4.79 Å². The molecule has 118 valence electrons. The first-order valence-corrected chi connectivity index (χ1v) is 8.41. The van der Waals surface area contributed by atoms with Gasteiger partial charge in [0.2, 0.25) is 5.91 Å². The van der Waals surface area contributed by atoms with Crippen molar-refractivity contribution in [1.29, 1.82) is 0 Å². The van der Waals surface area contributed by atoms with Gasteiger partial charge in [-0.05, 0) is 32.9 Å². The molecule has 1 N–H and O–H groups in total. The molecule has 1 amide bonds. The Bertz CT molecular complexity index is 642. The van der Waals surface area contributed by atoms with Crippen molar-refractivity contribution in [2.75, 3.05) is 18.4 Å². The Morgan fingerprint density at radius 3 is 2.77 bits per heavy atom. The monoisotopic (exact) mass is 319 g/mol. The number of rotatable bonds is 4. The topological polar surface area (TPSA) is 63.1 Å². The zero-order valence-corrected chi connectivity index (χ0v) is 13.8. The number of amides is 1. The Morgan fingerprint density at radius 2 is 2.18 bits per heavy atom. The average Bonchev–Trinajstić information content (AvgIpc) is 3.09. The van der Waals surface area contributed by atoms with Crippen LogP contribution in [0.2, 0.25) is 0 Å². The lowest BCUT2D eigenvalue weighted by Gasteiger charge is -2.30. The van der Waals surface area contributed by atoms with E-state index in [0.29, 0.717) is 0 Å². The predicted molar refractivity (Wildman–Crippen MR) is 86.7 cm³/mol. The number of aromatic nitrogens is 3. The van der Waals surface area contributed by atoms with Crippen LogP contribution in [0.1, 0.15) is 24.4 Å². The quantitative estimate of drug-likeness (QED) is 0.937. The fourth-order valence-corrected chi connectivity index (χ4v) is 3.44. The number of hydrogen-bond acceptors (Lipinski definition) is 5. The number of carbonyl (C=O) groups is 1. The van der Waals surface area contributed by atoms with E-state index in [-0.39, 0.29) is 11.8 Å². The highest BCUT2D eigenvalue weighted by Gasteiger charge is 2.26. The molecule has 0 radical (unpaired) electrons. The van der Waals surface area contributed by atoms with Crippen LogP contribution in [0.15, 0.2) is 17.9 Å². The SMILES string of the molecule is Cc1ncsc1NC(=O)C1CCN(Cc2nccn2C)CC1. The Labute approximate surface area is 134 Å². The molecule has 22 heavy (non-hydrogen) atoms. The van der Waals surface area contributed by atoms with E-state index in [1.54, 1.807) is 5.51 Å². The zero-order chi connectivity index (χ0) is 15.5. The van der Waals surface area contributed by atoms with Gasteiger partial charge in [0.1, 0.15) is 10.8 Å². The summed E-state index contributed by atoms with van der Waals surface area (Å²) in [6, 6.07) is 0. The van der Waals surface area contributed by atoms with Crippen LogP contribution in [-0.2, 0) is 18.4 Å². The highest BCUT2D eigenvalue weighted by molar-refractivity contribution is 7.14.